The summed E-state index contributed by atoms with van der Waals surface area (Å²) in [5.74, 6) is 1.70. The van der Waals surface area contributed by atoms with E-state index < -0.39 is 0 Å². The van der Waals surface area contributed by atoms with Crippen LogP contribution >= 0.6 is 0 Å². The summed E-state index contributed by atoms with van der Waals surface area (Å²) in [6, 6.07) is 26.1. The molecule has 8 nitrogen and oxygen atoms in total. The van der Waals surface area contributed by atoms with Crippen molar-refractivity contribution >= 4 is 50.8 Å². The Morgan fingerprint density at radius 1 is 0.763 bits per heavy atom. The third kappa shape index (κ3) is 5.89. The van der Waals surface area contributed by atoms with Crippen LogP contribution in [0.25, 0.3) is 33.3 Å². The van der Waals surface area contributed by atoms with Gasteiger partial charge >= 0.3 is 4.28 Å². The van der Waals surface area contributed by atoms with Crippen molar-refractivity contribution in [3.8, 4) is 11.4 Å². The maximum Gasteiger partial charge on any atom is 1.00 e. The number of aryl methyl sites for hydroxylation is 1. The zero-order chi connectivity index (χ0) is 23.8. The Balaban J connectivity index is 0.00000267. The average molecular weight is 568 g/mol. The number of aromatic nitrogens is 5. The Bertz CT molecular complexity index is 1680. The zero-order valence-corrected chi connectivity index (χ0v) is 22.4. The minimum atomic E-state index is 0. The van der Waals surface area contributed by atoms with Crippen LogP contribution in [0.2, 0.25) is 0 Å². The van der Waals surface area contributed by atoms with Gasteiger partial charge in [0.05, 0.1) is 16.6 Å². The van der Waals surface area contributed by atoms with Crippen LogP contribution in [-0.4, -0.2) is 24.9 Å². The van der Waals surface area contributed by atoms with Crippen molar-refractivity contribution in [2.75, 3.05) is 16.4 Å². The first kappa shape index (κ1) is 28.5. The van der Waals surface area contributed by atoms with Gasteiger partial charge in [-0.2, -0.15) is 4.98 Å². The maximum absolute atomic E-state index is 5.76. The van der Waals surface area contributed by atoms with Crippen LogP contribution in [0.3, 0.4) is 0 Å². The molecule has 0 spiro atoms. The molecule has 0 fully saturated rings. The summed E-state index contributed by atoms with van der Waals surface area (Å²) in [7, 11) is 0. The molecule has 3 aromatic heterocycles. The van der Waals surface area contributed by atoms with Crippen LogP contribution in [0.4, 0.5) is 28.8 Å². The normalized spacial score (nSPS) is 10.2. The van der Waals surface area contributed by atoms with E-state index in [1.165, 1.54) is 0 Å². The van der Waals surface area contributed by atoms with Crippen LogP contribution in [0.15, 0.2) is 85.1 Å². The van der Waals surface area contributed by atoms with E-state index in [1.807, 2.05) is 73.8 Å². The van der Waals surface area contributed by atoms with E-state index in [9.17, 15) is 0 Å². The number of H-pyrrole nitrogens is 1. The largest absolute Gasteiger partial charge is 1.00 e. The minimum absolute atomic E-state index is 0. The molecule has 0 amide bonds. The summed E-state index contributed by atoms with van der Waals surface area (Å²) >= 11 is 0. The first-order valence-corrected chi connectivity index (χ1v) is 11.2. The Kier molecular flexibility index (Phi) is 8.96. The van der Waals surface area contributed by atoms with Crippen LogP contribution in [0, 0.1) is 6.92 Å². The number of para-hydroxylation sites is 1. The molecule has 38 heavy (non-hydrogen) atoms. The lowest BCUT2D eigenvalue weighted by molar-refractivity contribution is -0.00100. The molecule has 0 saturated heterocycles. The summed E-state index contributed by atoms with van der Waals surface area (Å²) in [6.45, 7) is 1.88. The van der Waals surface area contributed by atoms with Gasteiger partial charge in [-0.05, 0) is 61.5 Å². The van der Waals surface area contributed by atoms with Crippen molar-refractivity contribution in [1.29, 1.82) is 0 Å². The fraction of sp³-hybridized carbons (Fsp3) is 0.0370. The fourth-order valence-electron chi connectivity index (χ4n) is 4.10. The van der Waals surface area contributed by atoms with Crippen molar-refractivity contribution < 1.29 is 41.5 Å². The highest BCUT2D eigenvalue weighted by atomic mass is 35.5. The van der Waals surface area contributed by atoms with Gasteiger partial charge in [0.1, 0.15) is 11.6 Å². The molecule has 0 radical (unpaired) electrons. The molecule has 6 rings (SSSR count). The monoisotopic (exact) mass is 566 g/mol. The number of pyridine rings is 1. The number of nitrogen functional groups attached to an aromatic ring is 1. The van der Waals surface area contributed by atoms with Gasteiger partial charge in [0.25, 0.3) is 0 Å². The quantitative estimate of drug-likeness (QED) is 0.179. The SMILES string of the molecule is Cc1cc(Nc2ccc3nc(-c4ccc(Nc5ccnc6ccccc56)cc4)[nH]c3c2)nc(N)n1.[Cl-].[Cl-].[Cl-].[H+].[H+].[H+]. The van der Waals surface area contributed by atoms with Crippen LogP contribution in [-0.2, 0) is 0 Å². The molecular weight excluding hydrogens is 543 g/mol. The van der Waals surface area contributed by atoms with E-state index in [-0.39, 0.29) is 47.4 Å². The summed E-state index contributed by atoms with van der Waals surface area (Å²) in [4.78, 5) is 20.9. The molecule has 3 aromatic carbocycles. The maximum atomic E-state index is 5.76. The Morgan fingerprint density at radius 3 is 2.32 bits per heavy atom. The highest BCUT2D eigenvalue weighted by molar-refractivity contribution is 5.92. The van der Waals surface area contributed by atoms with Crippen molar-refractivity contribution in [1.82, 2.24) is 24.9 Å². The number of aromatic amines is 1. The first-order chi connectivity index (χ1) is 17.1. The number of hydrogen-bond acceptors (Lipinski definition) is 7. The number of halogens is 3. The second-order valence-corrected chi connectivity index (χ2v) is 8.27. The molecule has 11 heteroatoms. The summed E-state index contributed by atoms with van der Waals surface area (Å²) in [5.41, 5.74) is 13.2. The average Bonchev–Trinajstić information content (AvgIpc) is 3.28. The standard InChI is InChI=1S/C27H22N8.3ClH/c1-16-14-25(35-27(28)30-16)32-19-10-11-23-24(15-19)34-26(33-23)17-6-8-18(9-7-17)31-22-12-13-29-21-5-3-2-4-20(21)22;;;/h2-15H,1H3,(H,29,31)(H,33,34)(H3,28,30,32,35);3*1H. The van der Waals surface area contributed by atoms with Crippen molar-refractivity contribution in [3.63, 3.8) is 0 Å². The lowest BCUT2D eigenvalue weighted by Gasteiger charge is -2.09. The van der Waals surface area contributed by atoms with Crippen molar-refractivity contribution in [2.45, 2.75) is 6.92 Å². The van der Waals surface area contributed by atoms with Gasteiger partial charge in [-0.3, -0.25) is 4.98 Å². The molecule has 5 N–H and O–H groups in total. The molecule has 0 bridgehead atoms. The molecule has 0 atom stereocenters. The number of rotatable bonds is 5. The third-order valence-corrected chi connectivity index (χ3v) is 5.71. The smallest absolute Gasteiger partial charge is 1.00 e. The Morgan fingerprint density at radius 2 is 1.53 bits per heavy atom. The number of nitrogens with zero attached hydrogens (tertiary/aromatic N) is 4. The third-order valence-electron chi connectivity index (χ3n) is 5.71. The number of fused-ring (bicyclic) bond motifs is 2. The highest BCUT2D eigenvalue weighted by Crippen LogP contribution is 2.28. The van der Waals surface area contributed by atoms with E-state index in [4.69, 9.17) is 10.7 Å². The van der Waals surface area contributed by atoms with Gasteiger partial charge in [0, 0.05) is 46.0 Å². The number of anilines is 5. The van der Waals surface area contributed by atoms with Crippen LogP contribution in [0.5, 0.6) is 0 Å². The fourth-order valence-corrected chi connectivity index (χ4v) is 4.10. The predicted octanol–water partition coefficient (Wildman–Crippen LogP) is -2.70. The Hall–Kier alpha value is -4.11. The molecule has 0 unspecified atom stereocenters. The van der Waals surface area contributed by atoms with Crippen LogP contribution < -0.4 is 53.6 Å². The Labute approximate surface area is 242 Å². The number of hydrogen-bond donors (Lipinski definition) is 4. The number of benzene rings is 3. The summed E-state index contributed by atoms with van der Waals surface area (Å²) in [6.07, 6.45) is 1.82. The van der Waals surface area contributed by atoms with Gasteiger partial charge in [-0.25, -0.2) is 9.97 Å². The molecule has 0 aliphatic rings. The lowest BCUT2D eigenvalue weighted by atomic mass is 10.1. The highest BCUT2D eigenvalue weighted by Gasteiger charge is 2.08. The second kappa shape index (κ2) is 12.0. The molecular formula is C27H25Cl3N8. The van der Waals surface area contributed by atoms with Crippen molar-refractivity contribution in [2.24, 2.45) is 0 Å². The van der Waals surface area contributed by atoms with E-state index in [0.29, 0.717) is 5.82 Å². The molecule has 0 saturated carbocycles. The molecule has 0 aliphatic heterocycles. The number of imidazole rings is 1. The lowest BCUT2D eigenvalue weighted by Crippen LogP contribution is -3.00. The van der Waals surface area contributed by atoms with Crippen molar-refractivity contribution in [3.05, 3.63) is 90.8 Å². The van der Waals surface area contributed by atoms with Gasteiger partial charge in [-0.15, -0.1) is 0 Å². The molecule has 0 aliphatic carbocycles. The van der Waals surface area contributed by atoms with E-state index >= 15 is 0 Å². The summed E-state index contributed by atoms with van der Waals surface area (Å²) < 4.78 is 0. The first-order valence-electron chi connectivity index (χ1n) is 11.2. The van der Waals surface area contributed by atoms with E-state index in [0.717, 1.165) is 56.1 Å². The molecule has 3 heterocycles. The summed E-state index contributed by atoms with van der Waals surface area (Å²) in [5, 5.41) is 7.85. The van der Waals surface area contributed by atoms with Gasteiger partial charge < -0.3 is 58.6 Å². The zero-order valence-electron chi connectivity index (χ0n) is 23.1. The second-order valence-electron chi connectivity index (χ2n) is 8.27. The van der Waals surface area contributed by atoms with Gasteiger partial charge in [0.2, 0.25) is 5.95 Å². The number of nitrogens with two attached hydrogens (primary N) is 1. The van der Waals surface area contributed by atoms with Gasteiger partial charge in [0.15, 0.2) is 0 Å². The number of nitrogens with one attached hydrogen (secondary N) is 3. The predicted molar refractivity (Wildman–Crippen MR) is 144 cm³/mol. The van der Waals surface area contributed by atoms with Gasteiger partial charge in [-0.1, -0.05) is 18.2 Å². The van der Waals surface area contributed by atoms with Crippen LogP contribution in [0.1, 0.15) is 9.97 Å². The molecule has 194 valence electrons. The van der Waals surface area contributed by atoms with E-state index in [1.54, 1.807) is 0 Å². The van der Waals surface area contributed by atoms with E-state index in [2.05, 4.69) is 48.8 Å². The molecule has 6 aromatic rings. The topological polar surface area (TPSA) is 117 Å². The minimum Gasteiger partial charge on any atom is -1.00 e.